The minimum Gasteiger partial charge on any atom is -0.309 e. The van der Waals surface area contributed by atoms with E-state index < -0.39 is 7.14 Å². The molecular formula is C33H27OP. The van der Waals surface area contributed by atoms with Gasteiger partial charge in [0.1, 0.15) is 0 Å². The first-order valence-electron chi connectivity index (χ1n) is 11.8. The summed E-state index contributed by atoms with van der Waals surface area (Å²) in [6.45, 7) is 2.13. The first-order valence-corrected chi connectivity index (χ1v) is 13.5. The van der Waals surface area contributed by atoms with Gasteiger partial charge in [0, 0.05) is 15.9 Å². The smallest absolute Gasteiger partial charge is 0.171 e. The maximum absolute atomic E-state index is 15.2. The van der Waals surface area contributed by atoms with Gasteiger partial charge in [-0.05, 0) is 34.7 Å². The first kappa shape index (κ1) is 22.8. The van der Waals surface area contributed by atoms with Gasteiger partial charge in [-0.1, -0.05) is 146 Å². The Morgan fingerprint density at radius 1 is 0.543 bits per heavy atom. The van der Waals surface area contributed by atoms with E-state index in [-0.39, 0.29) is 0 Å². The Bertz CT molecular complexity index is 1460. The number of hydrogen-bond donors (Lipinski definition) is 0. The maximum atomic E-state index is 15.2. The van der Waals surface area contributed by atoms with Crippen LogP contribution in [0.4, 0.5) is 0 Å². The molecule has 0 heterocycles. The molecule has 0 bridgehead atoms. The first-order chi connectivity index (χ1) is 17.2. The lowest BCUT2D eigenvalue weighted by molar-refractivity contribution is 0.592. The third kappa shape index (κ3) is 4.56. The molecule has 35 heavy (non-hydrogen) atoms. The largest absolute Gasteiger partial charge is 0.309 e. The molecule has 0 saturated heterocycles. The fourth-order valence-electron chi connectivity index (χ4n) is 4.61. The number of benzene rings is 5. The second kappa shape index (κ2) is 10.1. The van der Waals surface area contributed by atoms with Crippen LogP contribution in [0.25, 0.3) is 23.3 Å². The molecule has 170 valence electrons. The van der Waals surface area contributed by atoms with Gasteiger partial charge in [-0.25, -0.2) is 0 Å². The normalized spacial score (nSPS) is 11.6. The molecule has 0 aromatic heterocycles. The summed E-state index contributed by atoms with van der Waals surface area (Å²) in [5.41, 5.74) is 5.53. The van der Waals surface area contributed by atoms with Crippen molar-refractivity contribution in [2.75, 3.05) is 0 Å². The van der Waals surface area contributed by atoms with Gasteiger partial charge < -0.3 is 4.57 Å². The standard InChI is InChI=1S/C33H27OP/c1-26-14-13-17-28(25-24-27-15-5-2-6-16-27)33(26)31-22-11-12-23-32(31)35(34,29-18-7-3-8-19-29)30-20-9-4-10-21-30/h2-25H,1H3/b25-24+. The van der Waals surface area contributed by atoms with Crippen molar-refractivity contribution in [2.45, 2.75) is 6.92 Å². The topological polar surface area (TPSA) is 17.1 Å². The fraction of sp³-hybridized carbons (Fsp3) is 0.0303. The van der Waals surface area contributed by atoms with Gasteiger partial charge in [-0.3, -0.25) is 0 Å². The molecule has 2 heteroatoms. The molecule has 1 nitrogen and oxygen atoms in total. The number of hydrogen-bond acceptors (Lipinski definition) is 1. The molecule has 0 atom stereocenters. The minimum atomic E-state index is -3.12. The monoisotopic (exact) mass is 470 g/mol. The molecular weight excluding hydrogens is 443 g/mol. The lowest BCUT2D eigenvalue weighted by Crippen LogP contribution is -2.26. The van der Waals surface area contributed by atoms with Gasteiger partial charge in [-0.2, -0.15) is 0 Å². The SMILES string of the molecule is Cc1cccc(/C=C/c2ccccc2)c1-c1ccccc1P(=O)(c1ccccc1)c1ccccc1. The Morgan fingerprint density at radius 3 is 1.71 bits per heavy atom. The van der Waals surface area contributed by atoms with Gasteiger partial charge >= 0.3 is 0 Å². The zero-order valence-electron chi connectivity index (χ0n) is 19.7. The third-order valence-corrected chi connectivity index (χ3v) is 9.43. The molecule has 0 aliphatic rings. The molecule has 0 aliphatic carbocycles. The summed E-state index contributed by atoms with van der Waals surface area (Å²) >= 11 is 0. The van der Waals surface area contributed by atoms with Crippen molar-refractivity contribution >= 4 is 35.2 Å². The van der Waals surface area contributed by atoms with Crippen molar-refractivity contribution in [3.8, 4) is 11.1 Å². The Balaban J connectivity index is 1.75. The van der Waals surface area contributed by atoms with Crippen LogP contribution in [0.1, 0.15) is 16.7 Å². The van der Waals surface area contributed by atoms with E-state index in [1.165, 1.54) is 0 Å². The van der Waals surface area contributed by atoms with E-state index in [1.54, 1.807) is 0 Å². The zero-order valence-corrected chi connectivity index (χ0v) is 20.6. The summed E-state index contributed by atoms with van der Waals surface area (Å²) in [6.07, 6.45) is 4.29. The highest BCUT2D eigenvalue weighted by atomic mass is 31.2. The summed E-state index contributed by atoms with van der Waals surface area (Å²) in [4.78, 5) is 0. The van der Waals surface area contributed by atoms with Crippen molar-refractivity contribution in [1.82, 2.24) is 0 Å². The summed E-state index contributed by atoms with van der Waals surface area (Å²) in [7, 11) is -3.12. The average Bonchev–Trinajstić information content (AvgIpc) is 2.93. The molecule has 0 saturated carbocycles. The summed E-state index contributed by atoms with van der Waals surface area (Å²) in [5.74, 6) is 0. The zero-order chi connectivity index (χ0) is 24.1. The molecule has 0 fully saturated rings. The molecule has 0 unspecified atom stereocenters. The molecule has 5 aromatic carbocycles. The highest BCUT2D eigenvalue weighted by Gasteiger charge is 2.32. The van der Waals surface area contributed by atoms with Gasteiger partial charge in [0.2, 0.25) is 0 Å². The van der Waals surface area contributed by atoms with Crippen LogP contribution in [0.15, 0.2) is 133 Å². The Kier molecular flexibility index (Phi) is 6.62. The van der Waals surface area contributed by atoms with Crippen molar-refractivity contribution in [3.05, 3.63) is 150 Å². The predicted molar refractivity (Wildman–Crippen MR) is 151 cm³/mol. The third-order valence-electron chi connectivity index (χ3n) is 6.31. The highest BCUT2D eigenvalue weighted by Crippen LogP contribution is 2.46. The van der Waals surface area contributed by atoms with Gasteiger partial charge in [0.25, 0.3) is 0 Å². The van der Waals surface area contributed by atoms with Crippen LogP contribution in [0.5, 0.6) is 0 Å². The van der Waals surface area contributed by atoms with Crippen LogP contribution in [0.2, 0.25) is 0 Å². The summed E-state index contributed by atoms with van der Waals surface area (Å²) < 4.78 is 15.2. The van der Waals surface area contributed by atoms with E-state index in [2.05, 4.69) is 55.5 Å². The molecule has 0 amide bonds. The quantitative estimate of drug-likeness (QED) is 0.186. The fourth-order valence-corrected chi connectivity index (χ4v) is 7.47. The lowest BCUT2D eigenvalue weighted by atomic mass is 9.94. The lowest BCUT2D eigenvalue weighted by Gasteiger charge is -2.24. The van der Waals surface area contributed by atoms with Crippen LogP contribution in [0.3, 0.4) is 0 Å². The molecule has 0 spiro atoms. The molecule has 0 aliphatic heterocycles. The van der Waals surface area contributed by atoms with Crippen molar-refractivity contribution in [2.24, 2.45) is 0 Å². The Labute approximate surface area is 207 Å². The van der Waals surface area contributed by atoms with Crippen molar-refractivity contribution in [3.63, 3.8) is 0 Å². The van der Waals surface area contributed by atoms with Crippen LogP contribution in [-0.4, -0.2) is 0 Å². The highest BCUT2D eigenvalue weighted by molar-refractivity contribution is 7.85. The second-order valence-corrected chi connectivity index (χ2v) is 11.3. The van der Waals surface area contributed by atoms with Crippen LogP contribution < -0.4 is 15.9 Å². The predicted octanol–water partition coefficient (Wildman–Crippen LogP) is 7.47. The van der Waals surface area contributed by atoms with E-state index in [4.69, 9.17) is 0 Å². The number of aryl methyl sites for hydroxylation is 1. The van der Waals surface area contributed by atoms with Gasteiger partial charge in [-0.15, -0.1) is 0 Å². The molecule has 0 radical (unpaired) electrons. The maximum Gasteiger partial charge on any atom is 0.171 e. The molecule has 0 N–H and O–H groups in total. The van der Waals surface area contributed by atoms with Crippen molar-refractivity contribution < 1.29 is 4.57 Å². The van der Waals surface area contributed by atoms with E-state index in [0.29, 0.717) is 0 Å². The molecule has 5 aromatic rings. The van der Waals surface area contributed by atoms with E-state index >= 15 is 4.57 Å². The van der Waals surface area contributed by atoms with Gasteiger partial charge in [0.15, 0.2) is 7.14 Å². The number of rotatable bonds is 6. The summed E-state index contributed by atoms with van der Waals surface area (Å²) in [6, 6.07) is 44.6. The Morgan fingerprint density at radius 2 is 1.09 bits per heavy atom. The molecule has 5 rings (SSSR count). The van der Waals surface area contributed by atoms with Crippen LogP contribution in [0, 0.1) is 6.92 Å². The van der Waals surface area contributed by atoms with E-state index in [0.717, 1.165) is 43.7 Å². The summed E-state index contributed by atoms with van der Waals surface area (Å²) in [5, 5.41) is 2.54. The van der Waals surface area contributed by atoms with Crippen LogP contribution in [-0.2, 0) is 4.57 Å². The van der Waals surface area contributed by atoms with E-state index in [9.17, 15) is 0 Å². The van der Waals surface area contributed by atoms with Crippen LogP contribution >= 0.6 is 7.14 Å². The van der Waals surface area contributed by atoms with Crippen molar-refractivity contribution in [1.29, 1.82) is 0 Å². The minimum absolute atomic E-state index is 0.841. The Hall–Kier alpha value is -3.93. The second-order valence-electron chi connectivity index (χ2n) is 8.58. The average molecular weight is 471 g/mol. The van der Waals surface area contributed by atoms with Gasteiger partial charge in [0.05, 0.1) is 0 Å². The van der Waals surface area contributed by atoms with E-state index in [1.807, 2.05) is 97.1 Å².